The van der Waals surface area contributed by atoms with E-state index < -0.39 is 10.0 Å². The van der Waals surface area contributed by atoms with Gasteiger partial charge in [0.15, 0.2) is 0 Å². The van der Waals surface area contributed by atoms with E-state index in [0.29, 0.717) is 26.3 Å². The van der Waals surface area contributed by atoms with E-state index in [0.717, 1.165) is 13.1 Å². The molecule has 1 saturated heterocycles. The maximum Gasteiger partial charge on any atom is 0.244 e. The molecule has 124 valence electrons. The molecule has 0 amide bonds. The molecule has 0 spiro atoms. The Morgan fingerprint density at radius 2 is 1.91 bits per heavy atom. The van der Waals surface area contributed by atoms with E-state index in [-0.39, 0.29) is 16.0 Å². The number of rotatable bonds is 6. The van der Waals surface area contributed by atoms with Gasteiger partial charge >= 0.3 is 0 Å². The quantitative estimate of drug-likeness (QED) is 0.791. The lowest BCUT2D eigenvalue weighted by atomic mass is 10.3. The van der Waals surface area contributed by atoms with E-state index in [4.69, 9.17) is 16.3 Å². The minimum absolute atomic E-state index is 0.123. The van der Waals surface area contributed by atoms with Gasteiger partial charge in [-0.3, -0.25) is 4.90 Å². The van der Waals surface area contributed by atoms with E-state index in [1.165, 1.54) is 4.31 Å². The summed E-state index contributed by atoms with van der Waals surface area (Å²) in [6.07, 6.45) is 0. The summed E-state index contributed by atoms with van der Waals surface area (Å²) in [6.45, 7) is 8.02. The van der Waals surface area contributed by atoms with Crippen molar-refractivity contribution in [3.63, 3.8) is 0 Å². The van der Waals surface area contributed by atoms with Crippen LogP contribution in [0.2, 0.25) is 5.02 Å². The predicted octanol–water partition coefficient (Wildman–Crippen LogP) is 2.07. The fourth-order valence-corrected chi connectivity index (χ4v) is 4.62. The van der Waals surface area contributed by atoms with Crippen molar-refractivity contribution in [2.45, 2.75) is 24.8 Å². The van der Waals surface area contributed by atoms with Gasteiger partial charge < -0.3 is 4.74 Å². The number of hydrogen-bond acceptors (Lipinski definition) is 4. The lowest BCUT2D eigenvalue weighted by Crippen LogP contribution is -2.45. The molecular weight excluding hydrogens is 324 g/mol. The molecule has 0 radical (unpaired) electrons. The highest BCUT2D eigenvalue weighted by molar-refractivity contribution is 7.89. The molecule has 0 saturated carbocycles. The molecule has 1 aromatic rings. The van der Waals surface area contributed by atoms with Gasteiger partial charge in [0.2, 0.25) is 10.0 Å². The summed E-state index contributed by atoms with van der Waals surface area (Å²) in [4.78, 5) is 2.40. The van der Waals surface area contributed by atoms with Gasteiger partial charge in [0.25, 0.3) is 0 Å². The van der Waals surface area contributed by atoms with E-state index in [2.05, 4.69) is 4.90 Å². The van der Waals surface area contributed by atoms with Crippen molar-refractivity contribution < 1.29 is 13.2 Å². The van der Waals surface area contributed by atoms with Crippen molar-refractivity contribution in [2.75, 3.05) is 39.4 Å². The number of nitrogens with zero attached hydrogens (tertiary/aromatic N) is 2. The molecule has 1 aliphatic heterocycles. The van der Waals surface area contributed by atoms with Crippen LogP contribution in [-0.4, -0.2) is 63.1 Å². The summed E-state index contributed by atoms with van der Waals surface area (Å²) in [5.41, 5.74) is 0. The highest BCUT2D eigenvalue weighted by Crippen LogP contribution is 2.25. The Balaban J connectivity index is 2.14. The predicted molar refractivity (Wildman–Crippen MR) is 87.7 cm³/mol. The minimum Gasteiger partial charge on any atom is -0.379 e. The molecule has 2 rings (SSSR count). The third-order valence-electron chi connectivity index (χ3n) is 3.74. The second-order valence-corrected chi connectivity index (χ2v) is 7.86. The molecule has 22 heavy (non-hydrogen) atoms. The fourth-order valence-electron chi connectivity index (χ4n) is 2.50. The van der Waals surface area contributed by atoms with Gasteiger partial charge in [0.05, 0.1) is 18.2 Å². The van der Waals surface area contributed by atoms with Crippen LogP contribution in [0.15, 0.2) is 29.2 Å². The lowest BCUT2D eigenvalue weighted by molar-refractivity contribution is 0.0356. The average molecular weight is 347 g/mol. The second kappa shape index (κ2) is 7.75. The van der Waals surface area contributed by atoms with Crippen LogP contribution in [0.5, 0.6) is 0 Å². The van der Waals surface area contributed by atoms with Crippen LogP contribution in [0.1, 0.15) is 13.8 Å². The zero-order valence-corrected chi connectivity index (χ0v) is 14.6. The van der Waals surface area contributed by atoms with Crippen LogP contribution in [0.4, 0.5) is 0 Å². The summed E-state index contributed by atoms with van der Waals surface area (Å²) in [5.74, 6) is 0. The van der Waals surface area contributed by atoms with E-state index >= 15 is 0 Å². The van der Waals surface area contributed by atoms with E-state index in [1.807, 2.05) is 13.8 Å². The topological polar surface area (TPSA) is 49.9 Å². The van der Waals surface area contributed by atoms with Crippen molar-refractivity contribution >= 4 is 21.6 Å². The molecule has 0 unspecified atom stereocenters. The first-order valence-electron chi connectivity index (χ1n) is 7.49. The molecule has 0 atom stereocenters. The zero-order valence-electron chi connectivity index (χ0n) is 13.0. The van der Waals surface area contributed by atoms with Crippen LogP contribution < -0.4 is 0 Å². The maximum absolute atomic E-state index is 12.9. The number of halogens is 1. The Morgan fingerprint density at radius 1 is 1.27 bits per heavy atom. The summed E-state index contributed by atoms with van der Waals surface area (Å²) >= 11 is 6.07. The lowest BCUT2D eigenvalue weighted by Gasteiger charge is -2.31. The summed E-state index contributed by atoms with van der Waals surface area (Å²) < 4.78 is 32.6. The number of benzene rings is 1. The van der Waals surface area contributed by atoms with Crippen molar-refractivity contribution in [2.24, 2.45) is 0 Å². The van der Waals surface area contributed by atoms with Crippen molar-refractivity contribution in [3.05, 3.63) is 29.3 Å². The van der Waals surface area contributed by atoms with Crippen LogP contribution in [0, 0.1) is 0 Å². The van der Waals surface area contributed by atoms with Gasteiger partial charge in [-0.25, -0.2) is 8.42 Å². The number of hydrogen-bond donors (Lipinski definition) is 0. The number of sulfonamides is 1. The van der Waals surface area contributed by atoms with Gasteiger partial charge in [-0.2, -0.15) is 4.31 Å². The second-order valence-electron chi connectivity index (χ2n) is 5.59. The fraction of sp³-hybridized carbons (Fsp3) is 0.600. The smallest absolute Gasteiger partial charge is 0.244 e. The maximum atomic E-state index is 12.9. The van der Waals surface area contributed by atoms with Gasteiger partial charge in [-0.05, 0) is 26.0 Å². The van der Waals surface area contributed by atoms with Gasteiger partial charge in [-0.15, -0.1) is 0 Å². The molecule has 1 heterocycles. The number of morpholine rings is 1. The van der Waals surface area contributed by atoms with Crippen LogP contribution >= 0.6 is 11.6 Å². The van der Waals surface area contributed by atoms with Crippen molar-refractivity contribution in [1.82, 2.24) is 9.21 Å². The highest BCUT2D eigenvalue weighted by atomic mass is 35.5. The summed E-state index contributed by atoms with van der Waals surface area (Å²) in [7, 11) is -3.59. The molecular formula is C15H23ClN2O3S. The molecule has 0 aromatic heterocycles. The van der Waals surface area contributed by atoms with Crippen molar-refractivity contribution in [3.8, 4) is 0 Å². The Bertz CT molecular complexity index is 586. The van der Waals surface area contributed by atoms with Gasteiger partial charge in [0.1, 0.15) is 4.90 Å². The molecule has 1 aromatic carbocycles. The monoisotopic (exact) mass is 346 g/mol. The largest absolute Gasteiger partial charge is 0.379 e. The zero-order chi connectivity index (χ0) is 16.2. The van der Waals surface area contributed by atoms with Gasteiger partial charge in [-0.1, -0.05) is 23.7 Å². The third-order valence-corrected chi connectivity index (χ3v) is 6.31. The van der Waals surface area contributed by atoms with Crippen LogP contribution in [0.3, 0.4) is 0 Å². The Morgan fingerprint density at radius 3 is 2.50 bits per heavy atom. The van der Waals surface area contributed by atoms with Crippen LogP contribution in [0.25, 0.3) is 0 Å². The molecule has 0 aliphatic carbocycles. The van der Waals surface area contributed by atoms with E-state index in [1.54, 1.807) is 24.3 Å². The highest BCUT2D eigenvalue weighted by Gasteiger charge is 2.29. The summed E-state index contributed by atoms with van der Waals surface area (Å²) in [6, 6.07) is 6.47. The van der Waals surface area contributed by atoms with Crippen LogP contribution in [-0.2, 0) is 14.8 Å². The summed E-state index contributed by atoms with van der Waals surface area (Å²) in [5, 5.41) is 0.263. The molecule has 5 nitrogen and oxygen atoms in total. The standard InChI is InChI=1S/C15H23ClN2O3S/c1-13(2)18(8-7-17-9-11-21-12-10-17)22(19,20)15-6-4-3-5-14(15)16/h3-6,13H,7-12H2,1-2H3. The normalized spacial score (nSPS) is 17.3. The Hall–Kier alpha value is -0.660. The Labute approximate surface area is 137 Å². The first kappa shape index (κ1) is 17.7. The third kappa shape index (κ3) is 4.20. The first-order valence-corrected chi connectivity index (χ1v) is 9.31. The minimum atomic E-state index is -3.59. The first-order chi connectivity index (χ1) is 10.4. The van der Waals surface area contributed by atoms with Crippen molar-refractivity contribution in [1.29, 1.82) is 0 Å². The molecule has 0 N–H and O–H groups in total. The molecule has 1 fully saturated rings. The Kier molecular flexibility index (Phi) is 6.23. The molecule has 0 bridgehead atoms. The molecule has 1 aliphatic rings. The average Bonchev–Trinajstić information content (AvgIpc) is 2.48. The van der Waals surface area contributed by atoms with E-state index in [9.17, 15) is 8.42 Å². The SMILES string of the molecule is CC(C)N(CCN1CCOCC1)S(=O)(=O)c1ccccc1Cl. The molecule has 7 heteroatoms. The van der Waals surface area contributed by atoms with Gasteiger partial charge in [0, 0.05) is 32.2 Å². The number of ether oxygens (including phenoxy) is 1.